The average molecular weight is 196 g/mol. The minimum Gasteiger partial charge on any atom is -0.317 e. The fourth-order valence-electron chi connectivity index (χ4n) is 4.20. The van der Waals surface area contributed by atoms with E-state index in [0.717, 1.165) is 11.8 Å². The number of hydrogen-bond donors (Lipinski definition) is 0. The van der Waals surface area contributed by atoms with Crippen molar-refractivity contribution in [2.75, 3.05) is 13.6 Å². The molecule has 0 radical (unpaired) electrons. The topological polar surface area (TPSA) is 0 Å². The van der Waals surface area contributed by atoms with Crippen LogP contribution in [0, 0.1) is 11.8 Å². The summed E-state index contributed by atoms with van der Waals surface area (Å²) in [6.45, 7) is 13.7. The number of nitrogens with zero attached hydrogens (tertiary/aromatic N) is 1. The van der Waals surface area contributed by atoms with Gasteiger partial charge >= 0.3 is 0 Å². The summed E-state index contributed by atoms with van der Waals surface area (Å²) >= 11 is 0. The van der Waals surface area contributed by atoms with Crippen LogP contribution in [-0.4, -0.2) is 29.2 Å². The first-order chi connectivity index (χ1) is 6.20. The lowest BCUT2D eigenvalue weighted by Gasteiger charge is -2.67. The molecule has 0 spiro atoms. The molecule has 0 aliphatic carbocycles. The minimum atomic E-state index is 0.485. The fraction of sp³-hybridized carbons (Fsp3) is 1.00. The summed E-state index contributed by atoms with van der Waals surface area (Å²) in [5.74, 6) is 1.90. The highest BCUT2D eigenvalue weighted by molar-refractivity contribution is 4.96. The van der Waals surface area contributed by atoms with E-state index < -0.39 is 0 Å². The maximum absolute atomic E-state index is 2.48. The molecule has 0 unspecified atom stereocenters. The van der Waals surface area contributed by atoms with Crippen LogP contribution in [0.1, 0.15) is 47.5 Å². The molecule has 3 rings (SSSR count). The van der Waals surface area contributed by atoms with Crippen LogP contribution >= 0.6 is 0 Å². The van der Waals surface area contributed by atoms with Crippen molar-refractivity contribution < 1.29 is 4.48 Å². The summed E-state index contributed by atoms with van der Waals surface area (Å²) in [5, 5.41) is 0. The van der Waals surface area contributed by atoms with Gasteiger partial charge in [0.1, 0.15) is 0 Å². The summed E-state index contributed by atoms with van der Waals surface area (Å²) in [7, 11) is 2.48. The van der Waals surface area contributed by atoms with Crippen molar-refractivity contribution in [3.8, 4) is 0 Å². The minimum absolute atomic E-state index is 0.485. The van der Waals surface area contributed by atoms with Gasteiger partial charge in [-0.1, -0.05) is 6.92 Å². The third kappa shape index (κ3) is 1.05. The first kappa shape index (κ1) is 10.5. The van der Waals surface area contributed by atoms with E-state index in [2.05, 4.69) is 41.7 Å². The van der Waals surface area contributed by atoms with Crippen molar-refractivity contribution in [3.63, 3.8) is 0 Å². The van der Waals surface area contributed by atoms with Gasteiger partial charge in [-0.05, 0) is 33.6 Å². The summed E-state index contributed by atoms with van der Waals surface area (Å²) in [6.07, 6.45) is 2.85. The third-order valence-electron chi connectivity index (χ3n) is 5.65. The highest BCUT2D eigenvalue weighted by Gasteiger charge is 2.61. The zero-order valence-electron chi connectivity index (χ0n) is 10.7. The third-order valence-corrected chi connectivity index (χ3v) is 5.65. The molecule has 3 aliphatic heterocycles. The van der Waals surface area contributed by atoms with E-state index in [1.807, 2.05) is 0 Å². The Morgan fingerprint density at radius 2 is 1.43 bits per heavy atom. The second-order valence-corrected chi connectivity index (χ2v) is 7.14. The molecule has 1 atom stereocenters. The molecule has 3 fully saturated rings. The maximum atomic E-state index is 2.48. The van der Waals surface area contributed by atoms with Crippen molar-refractivity contribution in [1.82, 2.24) is 0 Å². The number of fused-ring (bicyclic) bond motifs is 3. The SMILES string of the molecule is C[C@@H]1C[N+]2(C)C(C)(C)CC1CC2(C)C. The number of rotatable bonds is 0. The van der Waals surface area contributed by atoms with E-state index in [-0.39, 0.29) is 0 Å². The molecular formula is C13H26N+. The van der Waals surface area contributed by atoms with E-state index in [1.54, 1.807) is 0 Å². The van der Waals surface area contributed by atoms with Gasteiger partial charge in [0, 0.05) is 18.8 Å². The molecular weight excluding hydrogens is 170 g/mol. The summed E-state index contributed by atoms with van der Waals surface area (Å²) < 4.78 is 1.28. The molecule has 3 heterocycles. The summed E-state index contributed by atoms with van der Waals surface area (Å²) in [6, 6.07) is 0. The lowest BCUT2D eigenvalue weighted by Crippen LogP contribution is -2.77. The molecule has 0 amide bonds. The van der Waals surface area contributed by atoms with Crippen LogP contribution in [0.25, 0.3) is 0 Å². The van der Waals surface area contributed by atoms with Crippen molar-refractivity contribution >= 4 is 0 Å². The van der Waals surface area contributed by atoms with Gasteiger partial charge in [0.05, 0.1) is 24.7 Å². The van der Waals surface area contributed by atoms with E-state index in [0.29, 0.717) is 11.1 Å². The zero-order valence-corrected chi connectivity index (χ0v) is 10.7. The Kier molecular flexibility index (Phi) is 1.91. The van der Waals surface area contributed by atoms with Gasteiger partial charge in [0.15, 0.2) is 0 Å². The second kappa shape index (κ2) is 2.55. The monoisotopic (exact) mass is 196 g/mol. The van der Waals surface area contributed by atoms with Crippen LogP contribution in [0.2, 0.25) is 0 Å². The molecule has 14 heavy (non-hydrogen) atoms. The Morgan fingerprint density at radius 1 is 1.00 bits per heavy atom. The standard InChI is InChI=1S/C13H26N/c1-10-9-14(6)12(2,3)7-11(10)8-13(14,4)5/h10-11H,7-9H2,1-6H3/q+1/t10-,11?,14?/m1/s1. The molecule has 3 saturated heterocycles. The maximum Gasteiger partial charge on any atom is 0.0940 e. The molecule has 0 N–H and O–H groups in total. The van der Waals surface area contributed by atoms with Crippen LogP contribution in [0.15, 0.2) is 0 Å². The molecule has 1 nitrogen and oxygen atoms in total. The van der Waals surface area contributed by atoms with E-state index in [4.69, 9.17) is 0 Å². The molecule has 82 valence electrons. The normalized spacial score (nSPS) is 49.3. The first-order valence-corrected chi connectivity index (χ1v) is 6.05. The highest BCUT2D eigenvalue weighted by atomic mass is 15.4. The molecule has 0 aromatic rings. The Balaban J connectivity index is 2.44. The van der Waals surface area contributed by atoms with Crippen LogP contribution in [0.5, 0.6) is 0 Å². The molecule has 3 aliphatic rings. The van der Waals surface area contributed by atoms with Gasteiger partial charge < -0.3 is 4.48 Å². The van der Waals surface area contributed by atoms with Crippen LogP contribution in [-0.2, 0) is 0 Å². The van der Waals surface area contributed by atoms with Crippen molar-refractivity contribution in [3.05, 3.63) is 0 Å². The smallest absolute Gasteiger partial charge is 0.0940 e. The van der Waals surface area contributed by atoms with Crippen LogP contribution in [0.4, 0.5) is 0 Å². The largest absolute Gasteiger partial charge is 0.317 e. The van der Waals surface area contributed by atoms with Crippen molar-refractivity contribution in [2.45, 2.75) is 58.5 Å². The van der Waals surface area contributed by atoms with Gasteiger partial charge in [0.2, 0.25) is 0 Å². The highest BCUT2D eigenvalue weighted by Crippen LogP contribution is 2.54. The van der Waals surface area contributed by atoms with Gasteiger partial charge in [0.25, 0.3) is 0 Å². The van der Waals surface area contributed by atoms with Gasteiger partial charge in [-0.15, -0.1) is 0 Å². The Hall–Kier alpha value is -0.0400. The lowest BCUT2D eigenvalue weighted by atomic mass is 9.62. The van der Waals surface area contributed by atoms with Gasteiger partial charge in [-0.25, -0.2) is 0 Å². The molecule has 0 aromatic carbocycles. The predicted molar refractivity (Wildman–Crippen MR) is 61.1 cm³/mol. The number of quaternary nitrogens is 1. The Morgan fingerprint density at radius 3 is 1.79 bits per heavy atom. The quantitative estimate of drug-likeness (QED) is 0.522. The first-order valence-electron chi connectivity index (χ1n) is 6.05. The Labute approximate surface area is 89.1 Å². The average Bonchev–Trinajstić information content (AvgIpc) is 1.96. The molecule has 0 aromatic heterocycles. The molecule has 0 saturated carbocycles. The predicted octanol–water partition coefficient (Wildman–Crippen LogP) is 3.05. The van der Waals surface area contributed by atoms with Gasteiger partial charge in [-0.3, -0.25) is 0 Å². The molecule has 1 heteroatoms. The fourth-order valence-corrected chi connectivity index (χ4v) is 4.20. The van der Waals surface area contributed by atoms with Gasteiger partial charge in [-0.2, -0.15) is 0 Å². The van der Waals surface area contributed by atoms with E-state index >= 15 is 0 Å². The number of piperidine rings is 3. The summed E-state index contributed by atoms with van der Waals surface area (Å²) in [5.41, 5.74) is 0.970. The van der Waals surface area contributed by atoms with E-state index in [9.17, 15) is 0 Å². The second-order valence-electron chi connectivity index (χ2n) is 7.14. The van der Waals surface area contributed by atoms with Crippen molar-refractivity contribution in [1.29, 1.82) is 0 Å². The van der Waals surface area contributed by atoms with E-state index in [1.165, 1.54) is 23.9 Å². The van der Waals surface area contributed by atoms with Crippen LogP contribution < -0.4 is 0 Å². The van der Waals surface area contributed by atoms with Crippen molar-refractivity contribution in [2.24, 2.45) is 11.8 Å². The Bertz CT molecular complexity index is 234. The lowest BCUT2D eigenvalue weighted by molar-refractivity contribution is -1.02. The van der Waals surface area contributed by atoms with Crippen LogP contribution in [0.3, 0.4) is 0 Å². The molecule has 2 bridgehead atoms. The summed E-state index contributed by atoms with van der Waals surface area (Å²) in [4.78, 5) is 0. The number of hydrogen-bond acceptors (Lipinski definition) is 0. The zero-order chi connectivity index (χ0) is 10.8.